The highest BCUT2D eigenvalue weighted by Gasteiger charge is 2.08. The van der Waals surface area contributed by atoms with Crippen molar-refractivity contribution < 1.29 is 4.79 Å². The van der Waals surface area contributed by atoms with E-state index in [0.29, 0.717) is 17.2 Å². The maximum Gasteiger partial charge on any atom is 0.253 e. The van der Waals surface area contributed by atoms with Gasteiger partial charge in [0.25, 0.3) is 5.56 Å². The van der Waals surface area contributed by atoms with E-state index in [-0.39, 0.29) is 18.0 Å². The lowest BCUT2D eigenvalue weighted by molar-refractivity contribution is -0.116. The van der Waals surface area contributed by atoms with Gasteiger partial charge in [-0.15, -0.1) is 10.2 Å². The Bertz CT molecular complexity index is 649. The molecule has 19 heavy (non-hydrogen) atoms. The van der Waals surface area contributed by atoms with Gasteiger partial charge < -0.3 is 0 Å². The molecule has 2 aromatic heterocycles. The molecule has 0 atom stereocenters. The molecule has 0 radical (unpaired) electrons. The van der Waals surface area contributed by atoms with Crippen molar-refractivity contribution in [3.63, 3.8) is 0 Å². The first-order valence-corrected chi connectivity index (χ1v) is 6.55. The molecular formula is C11H13N5O2S. The molecule has 0 aromatic carbocycles. The molecule has 8 heteroatoms. The van der Waals surface area contributed by atoms with Crippen LogP contribution in [0.3, 0.4) is 0 Å². The van der Waals surface area contributed by atoms with E-state index in [1.807, 2.05) is 6.92 Å². The molecule has 0 spiro atoms. The summed E-state index contributed by atoms with van der Waals surface area (Å²) in [6.07, 6.45) is 2.07. The number of nitrogens with zero attached hydrogens (tertiary/aromatic N) is 4. The second-order valence-electron chi connectivity index (χ2n) is 3.87. The number of amides is 1. The normalized spacial score (nSPS) is 10.4. The fraction of sp³-hybridized carbons (Fsp3) is 0.364. The Morgan fingerprint density at radius 3 is 2.84 bits per heavy atom. The van der Waals surface area contributed by atoms with Crippen LogP contribution in [0.4, 0.5) is 5.13 Å². The molecule has 0 saturated carbocycles. The Kier molecular flexibility index (Phi) is 4.00. The summed E-state index contributed by atoms with van der Waals surface area (Å²) in [6, 6.07) is 1.43. The quantitative estimate of drug-likeness (QED) is 0.885. The summed E-state index contributed by atoms with van der Waals surface area (Å²) in [7, 11) is 0. The van der Waals surface area contributed by atoms with E-state index < -0.39 is 0 Å². The third kappa shape index (κ3) is 3.44. The Morgan fingerprint density at radius 2 is 2.26 bits per heavy atom. The third-order valence-electron chi connectivity index (χ3n) is 2.38. The predicted molar refractivity (Wildman–Crippen MR) is 71.2 cm³/mol. The topological polar surface area (TPSA) is 89.8 Å². The Morgan fingerprint density at radius 1 is 1.47 bits per heavy atom. The molecule has 0 fully saturated rings. The van der Waals surface area contributed by atoms with Crippen molar-refractivity contribution in [3.8, 4) is 0 Å². The van der Waals surface area contributed by atoms with Gasteiger partial charge in [0.1, 0.15) is 11.6 Å². The number of carbonyl (C=O) groups excluding carboxylic acids is 1. The maximum atomic E-state index is 11.7. The Balaban J connectivity index is 2.05. The molecule has 0 saturated heterocycles. The van der Waals surface area contributed by atoms with Crippen molar-refractivity contribution in [3.05, 3.63) is 33.4 Å². The number of rotatable bonds is 4. The zero-order chi connectivity index (χ0) is 13.8. The summed E-state index contributed by atoms with van der Waals surface area (Å²) >= 11 is 1.28. The molecular weight excluding hydrogens is 266 g/mol. The van der Waals surface area contributed by atoms with Gasteiger partial charge in [-0.1, -0.05) is 18.3 Å². The van der Waals surface area contributed by atoms with E-state index in [1.54, 1.807) is 6.92 Å². The molecule has 2 rings (SSSR count). The fourth-order valence-electron chi connectivity index (χ4n) is 1.44. The van der Waals surface area contributed by atoms with Crippen molar-refractivity contribution in [1.29, 1.82) is 0 Å². The third-order valence-corrected chi connectivity index (χ3v) is 3.14. The van der Waals surface area contributed by atoms with E-state index in [1.165, 1.54) is 28.3 Å². The number of nitrogens with one attached hydrogen (secondary N) is 1. The lowest BCUT2D eigenvalue weighted by Crippen LogP contribution is -2.27. The van der Waals surface area contributed by atoms with Crippen molar-refractivity contribution in [2.45, 2.75) is 26.8 Å². The number of aryl methyl sites for hydroxylation is 2. The van der Waals surface area contributed by atoms with Crippen LogP contribution in [0.2, 0.25) is 0 Å². The van der Waals surface area contributed by atoms with Crippen LogP contribution in [0.5, 0.6) is 0 Å². The molecule has 100 valence electrons. The molecule has 0 aliphatic carbocycles. The smallest absolute Gasteiger partial charge is 0.253 e. The lowest BCUT2D eigenvalue weighted by Gasteiger charge is -2.05. The van der Waals surface area contributed by atoms with Gasteiger partial charge >= 0.3 is 0 Å². The number of aromatic nitrogens is 4. The van der Waals surface area contributed by atoms with Crippen molar-refractivity contribution in [2.24, 2.45) is 0 Å². The molecule has 2 heterocycles. The standard InChI is InChI=1S/C11H13N5O2S/c1-3-8-4-10(18)16(6-12-8)5-9(17)13-11-15-14-7(2)19-11/h4,6H,3,5H2,1-2H3,(H,13,15,17). The second-order valence-corrected chi connectivity index (χ2v) is 5.06. The van der Waals surface area contributed by atoms with Gasteiger partial charge in [0, 0.05) is 11.8 Å². The van der Waals surface area contributed by atoms with Crippen LogP contribution in [0, 0.1) is 6.92 Å². The van der Waals surface area contributed by atoms with Crippen molar-refractivity contribution in [1.82, 2.24) is 19.7 Å². The minimum Gasteiger partial charge on any atom is -0.299 e. The first kappa shape index (κ1) is 13.3. The van der Waals surface area contributed by atoms with E-state index in [0.717, 1.165) is 5.01 Å². The molecule has 2 aromatic rings. The highest BCUT2D eigenvalue weighted by Crippen LogP contribution is 2.13. The highest BCUT2D eigenvalue weighted by atomic mass is 32.1. The summed E-state index contributed by atoms with van der Waals surface area (Å²) < 4.78 is 1.25. The SMILES string of the molecule is CCc1cc(=O)n(CC(=O)Nc2nnc(C)s2)cn1. The molecule has 7 nitrogen and oxygen atoms in total. The first-order valence-electron chi connectivity index (χ1n) is 5.74. The van der Waals surface area contributed by atoms with Gasteiger partial charge in [-0.05, 0) is 13.3 Å². The molecule has 0 aliphatic rings. The second kappa shape index (κ2) is 5.70. The Labute approximate surface area is 113 Å². The van der Waals surface area contributed by atoms with Gasteiger partial charge in [-0.2, -0.15) is 0 Å². The van der Waals surface area contributed by atoms with E-state index >= 15 is 0 Å². The van der Waals surface area contributed by atoms with Crippen molar-refractivity contribution in [2.75, 3.05) is 5.32 Å². The molecule has 1 N–H and O–H groups in total. The number of anilines is 1. The lowest BCUT2D eigenvalue weighted by atomic mass is 10.3. The van der Waals surface area contributed by atoms with Gasteiger partial charge in [0.2, 0.25) is 11.0 Å². The maximum absolute atomic E-state index is 11.7. The van der Waals surface area contributed by atoms with Crippen LogP contribution in [0.15, 0.2) is 17.2 Å². The summed E-state index contributed by atoms with van der Waals surface area (Å²) in [5.74, 6) is -0.329. The van der Waals surface area contributed by atoms with Crippen LogP contribution >= 0.6 is 11.3 Å². The average molecular weight is 279 g/mol. The van der Waals surface area contributed by atoms with E-state index in [4.69, 9.17) is 0 Å². The van der Waals surface area contributed by atoms with E-state index in [2.05, 4.69) is 20.5 Å². The van der Waals surface area contributed by atoms with Crippen LogP contribution in [0.1, 0.15) is 17.6 Å². The predicted octanol–water partition coefficient (Wildman–Crippen LogP) is 0.604. The highest BCUT2D eigenvalue weighted by molar-refractivity contribution is 7.15. The van der Waals surface area contributed by atoms with E-state index in [9.17, 15) is 9.59 Å². The minimum atomic E-state index is -0.329. The monoisotopic (exact) mass is 279 g/mol. The summed E-state index contributed by atoms with van der Waals surface area (Å²) in [4.78, 5) is 27.5. The van der Waals surface area contributed by atoms with Crippen LogP contribution in [-0.4, -0.2) is 25.7 Å². The molecule has 0 aliphatic heterocycles. The molecule has 0 unspecified atom stereocenters. The first-order chi connectivity index (χ1) is 9.08. The number of hydrogen-bond donors (Lipinski definition) is 1. The average Bonchev–Trinajstić information content (AvgIpc) is 2.77. The van der Waals surface area contributed by atoms with Crippen molar-refractivity contribution >= 4 is 22.4 Å². The minimum absolute atomic E-state index is 0.0888. The van der Waals surface area contributed by atoms with Crippen LogP contribution < -0.4 is 10.9 Å². The van der Waals surface area contributed by atoms with Gasteiger partial charge in [-0.3, -0.25) is 19.5 Å². The summed E-state index contributed by atoms with van der Waals surface area (Å²) in [5, 5.41) is 11.3. The summed E-state index contributed by atoms with van der Waals surface area (Å²) in [5.41, 5.74) is 0.469. The zero-order valence-electron chi connectivity index (χ0n) is 10.6. The fourth-order valence-corrected chi connectivity index (χ4v) is 2.04. The van der Waals surface area contributed by atoms with Gasteiger partial charge in [0.05, 0.1) is 6.33 Å². The largest absolute Gasteiger partial charge is 0.299 e. The molecule has 0 bridgehead atoms. The molecule has 1 amide bonds. The Hall–Kier alpha value is -2.09. The van der Waals surface area contributed by atoms with Gasteiger partial charge in [0.15, 0.2) is 0 Å². The number of carbonyl (C=O) groups is 1. The number of hydrogen-bond acceptors (Lipinski definition) is 6. The zero-order valence-corrected chi connectivity index (χ0v) is 11.4. The van der Waals surface area contributed by atoms with Crippen LogP contribution in [-0.2, 0) is 17.8 Å². The van der Waals surface area contributed by atoms with Gasteiger partial charge in [-0.25, -0.2) is 4.98 Å². The summed E-state index contributed by atoms with van der Waals surface area (Å²) in [6.45, 7) is 3.62. The van der Waals surface area contributed by atoms with Crippen LogP contribution in [0.25, 0.3) is 0 Å².